The van der Waals surface area contributed by atoms with Crippen molar-refractivity contribution in [2.24, 2.45) is 0 Å². The summed E-state index contributed by atoms with van der Waals surface area (Å²) in [6.45, 7) is 1.91. The lowest BCUT2D eigenvalue weighted by molar-refractivity contribution is 0.102. The second kappa shape index (κ2) is 5.20. The molecular weight excluding hydrogens is 358 g/mol. The number of rotatable bonds is 2. The van der Waals surface area contributed by atoms with Crippen LogP contribution in [0.3, 0.4) is 0 Å². The van der Waals surface area contributed by atoms with E-state index in [0.717, 1.165) is 32.1 Å². The number of aromatic amines is 2. The molecule has 2 aromatic carbocycles. The van der Waals surface area contributed by atoms with Crippen LogP contribution >= 0.6 is 15.9 Å². The summed E-state index contributed by atoms with van der Waals surface area (Å²) in [6, 6.07) is 9.28. The van der Waals surface area contributed by atoms with E-state index >= 15 is 0 Å². The molecule has 2 aromatic heterocycles. The number of hydrogen-bond acceptors (Lipinski definition) is 3. The maximum Gasteiger partial charge on any atom is 0.256 e. The van der Waals surface area contributed by atoms with Crippen LogP contribution in [0.1, 0.15) is 15.9 Å². The largest absolute Gasteiger partial charge is 0.345 e. The molecule has 0 radical (unpaired) electrons. The molecule has 6 nitrogen and oxygen atoms in total. The number of carbonyl (C=O) groups excluding carboxylic acids is 1. The van der Waals surface area contributed by atoms with Crippen molar-refractivity contribution < 1.29 is 4.79 Å². The minimum atomic E-state index is -0.161. The molecule has 114 valence electrons. The van der Waals surface area contributed by atoms with E-state index < -0.39 is 0 Å². The first-order valence-electron chi connectivity index (χ1n) is 7.00. The SMILES string of the molecule is Cc1cc2[nH]cnc2cc1C(=O)Nc1ccc2n[nH]c(Br)c2c1. The number of fused-ring (bicyclic) bond motifs is 2. The van der Waals surface area contributed by atoms with E-state index in [1.165, 1.54) is 0 Å². The lowest BCUT2D eigenvalue weighted by Crippen LogP contribution is -2.13. The van der Waals surface area contributed by atoms with E-state index in [-0.39, 0.29) is 5.91 Å². The number of halogens is 1. The Morgan fingerprint density at radius 2 is 2.09 bits per heavy atom. The molecule has 0 unspecified atom stereocenters. The van der Waals surface area contributed by atoms with E-state index in [0.29, 0.717) is 11.3 Å². The average Bonchev–Trinajstić information content (AvgIpc) is 3.13. The van der Waals surface area contributed by atoms with Crippen LogP contribution in [-0.4, -0.2) is 26.1 Å². The van der Waals surface area contributed by atoms with Gasteiger partial charge in [-0.05, 0) is 58.7 Å². The van der Waals surface area contributed by atoms with Gasteiger partial charge in [-0.15, -0.1) is 0 Å². The molecule has 0 aliphatic heterocycles. The van der Waals surface area contributed by atoms with E-state index in [1.54, 1.807) is 12.4 Å². The standard InChI is InChI=1S/C16H12BrN5O/c1-8-4-13-14(19-7-18-13)6-10(8)16(23)20-9-2-3-12-11(5-9)15(17)22-21-12/h2-7H,1H3,(H,18,19)(H,20,23)(H,21,22). The van der Waals surface area contributed by atoms with Gasteiger partial charge in [0.15, 0.2) is 0 Å². The zero-order valence-electron chi connectivity index (χ0n) is 12.1. The Hall–Kier alpha value is -2.67. The van der Waals surface area contributed by atoms with Gasteiger partial charge in [0.1, 0.15) is 4.60 Å². The summed E-state index contributed by atoms with van der Waals surface area (Å²) in [5.74, 6) is -0.161. The number of imidazole rings is 1. The van der Waals surface area contributed by atoms with E-state index in [2.05, 4.69) is 41.4 Å². The third kappa shape index (κ3) is 2.39. The molecule has 0 saturated carbocycles. The summed E-state index contributed by atoms with van der Waals surface area (Å²) in [4.78, 5) is 19.8. The van der Waals surface area contributed by atoms with E-state index in [4.69, 9.17) is 0 Å². The Morgan fingerprint density at radius 1 is 1.22 bits per heavy atom. The second-order valence-electron chi connectivity index (χ2n) is 5.31. The van der Waals surface area contributed by atoms with Gasteiger partial charge < -0.3 is 10.3 Å². The molecule has 0 aliphatic rings. The molecule has 1 amide bonds. The number of amides is 1. The lowest BCUT2D eigenvalue weighted by atomic mass is 10.1. The summed E-state index contributed by atoms with van der Waals surface area (Å²) < 4.78 is 0.790. The van der Waals surface area contributed by atoms with Crippen LogP contribution in [0.5, 0.6) is 0 Å². The molecule has 4 aromatic rings. The molecule has 23 heavy (non-hydrogen) atoms. The van der Waals surface area contributed by atoms with Crippen molar-refractivity contribution >= 4 is 49.5 Å². The first-order chi connectivity index (χ1) is 11.1. The monoisotopic (exact) mass is 369 g/mol. The predicted molar refractivity (Wildman–Crippen MR) is 92.6 cm³/mol. The van der Waals surface area contributed by atoms with Crippen LogP contribution in [0.15, 0.2) is 41.3 Å². The maximum absolute atomic E-state index is 12.6. The Morgan fingerprint density at radius 3 is 2.96 bits per heavy atom. The van der Waals surface area contributed by atoms with Crippen molar-refractivity contribution in [2.45, 2.75) is 6.92 Å². The van der Waals surface area contributed by atoms with Crippen molar-refractivity contribution in [3.63, 3.8) is 0 Å². The van der Waals surface area contributed by atoms with Crippen LogP contribution in [0.2, 0.25) is 0 Å². The van der Waals surface area contributed by atoms with Crippen LogP contribution in [-0.2, 0) is 0 Å². The highest BCUT2D eigenvalue weighted by Gasteiger charge is 2.13. The number of aryl methyl sites for hydroxylation is 1. The number of benzene rings is 2. The van der Waals surface area contributed by atoms with E-state index in [1.807, 2.05) is 31.2 Å². The number of nitrogens with zero attached hydrogens (tertiary/aromatic N) is 2. The molecule has 0 fully saturated rings. The minimum absolute atomic E-state index is 0.161. The Balaban J connectivity index is 1.69. The molecular formula is C16H12BrN5O. The van der Waals surface area contributed by atoms with Gasteiger partial charge in [0.05, 0.1) is 22.9 Å². The molecule has 0 saturated heterocycles. The highest BCUT2D eigenvalue weighted by molar-refractivity contribution is 9.10. The van der Waals surface area contributed by atoms with Gasteiger partial charge >= 0.3 is 0 Å². The smallest absolute Gasteiger partial charge is 0.256 e. The van der Waals surface area contributed by atoms with Gasteiger partial charge in [-0.1, -0.05) is 0 Å². The fraction of sp³-hybridized carbons (Fsp3) is 0.0625. The van der Waals surface area contributed by atoms with Gasteiger partial charge in [0, 0.05) is 16.6 Å². The van der Waals surface area contributed by atoms with E-state index in [9.17, 15) is 4.79 Å². The fourth-order valence-corrected chi connectivity index (χ4v) is 3.00. The third-order valence-corrected chi connectivity index (χ3v) is 4.38. The number of carbonyl (C=O) groups is 1. The predicted octanol–water partition coefficient (Wildman–Crippen LogP) is 3.76. The zero-order chi connectivity index (χ0) is 16.0. The van der Waals surface area contributed by atoms with Crippen LogP contribution < -0.4 is 5.32 Å². The molecule has 7 heteroatoms. The fourth-order valence-electron chi connectivity index (χ4n) is 2.59. The first-order valence-corrected chi connectivity index (χ1v) is 7.80. The Labute approximate surface area is 139 Å². The second-order valence-corrected chi connectivity index (χ2v) is 6.10. The molecule has 4 rings (SSSR count). The number of hydrogen-bond donors (Lipinski definition) is 3. The van der Waals surface area contributed by atoms with Crippen LogP contribution in [0.25, 0.3) is 21.9 Å². The zero-order valence-corrected chi connectivity index (χ0v) is 13.7. The Bertz CT molecular complexity index is 1050. The van der Waals surface area contributed by atoms with Crippen molar-refractivity contribution in [1.29, 1.82) is 0 Å². The van der Waals surface area contributed by atoms with Crippen molar-refractivity contribution in [3.05, 3.63) is 52.4 Å². The number of anilines is 1. The summed E-state index contributed by atoms with van der Waals surface area (Å²) in [7, 11) is 0. The quantitative estimate of drug-likeness (QED) is 0.502. The molecule has 2 heterocycles. The summed E-state index contributed by atoms with van der Waals surface area (Å²) >= 11 is 3.40. The average molecular weight is 370 g/mol. The number of aromatic nitrogens is 4. The normalized spacial score (nSPS) is 11.2. The molecule has 0 aliphatic carbocycles. The van der Waals surface area contributed by atoms with Gasteiger partial charge in [-0.3, -0.25) is 9.89 Å². The molecule has 3 N–H and O–H groups in total. The summed E-state index contributed by atoms with van der Waals surface area (Å²) in [5, 5.41) is 10.8. The summed E-state index contributed by atoms with van der Waals surface area (Å²) in [5.41, 5.74) is 4.74. The highest BCUT2D eigenvalue weighted by atomic mass is 79.9. The first kappa shape index (κ1) is 14.0. The van der Waals surface area contributed by atoms with Crippen molar-refractivity contribution in [3.8, 4) is 0 Å². The van der Waals surface area contributed by atoms with Crippen LogP contribution in [0, 0.1) is 6.92 Å². The number of H-pyrrole nitrogens is 2. The topological polar surface area (TPSA) is 86.5 Å². The highest BCUT2D eigenvalue weighted by Crippen LogP contribution is 2.25. The number of nitrogens with one attached hydrogen (secondary N) is 3. The molecule has 0 bridgehead atoms. The molecule has 0 atom stereocenters. The lowest BCUT2D eigenvalue weighted by Gasteiger charge is -2.08. The molecule has 0 spiro atoms. The van der Waals surface area contributed by atoms with Gasteiger partial charge in [0.25, 0.3) is 5.91 Å². The van der Waals surface area contributed by atoms with Crippen molar-refractivity contribution in [1.82, 2.24) is 20.2 Å². The summed E-state index contributed by atoms with van der Waals surface area (Å²) in [6.07, 6.45) is 1.62. The van der Waals surface area contributed by atoms with Gasteiger partial charge in [-0.2, -0.15) is 5.10 Å². The van der Waals surface area contributed by atoms with Gasteiger partial charge in [0.2, 0.25) is 0 Å². The van der Waals surface area contributed by atoms with Crippen molar-refractivity contribution in [2.75, 3.05) is 5.32 Å². The minimum Gasteiger partial charge on any atom is -0.345 e. The van der Waals surface area contributed by atoms with Crippen LogP contribution in [0.4, 0.5) is 5.69 Å². The van der Waals surface area contributed by atoms with Gasteiger partial charge in [-0.25, -0.2) is 4.98 Å². The Kier molecular flexibility index (Phi) is 3.16. The third-order valence-electron chi connectivity index (χ3n) is 3.78. The maximum atomic E-state index is 12.6.